The molecule has 0 saturated carbocycles. The predicted octanol–water partition coefficient (Wildman–Crippen LogP) is 4.65. The van der Waals surface area contributed by atoms with Gasteiger partial charge in [-0.3, -0.25) is 0 Å². The lowest BCUT2D eigenvalue weighted by molar-refractivity contribution is 0.618. The quantitative estimate of drug-likeness (QED) is 0.787. The average Bonchev–Trinajstić information content (AvgIpc) is 2.41. The van der Waals surface area contributed by atoms with Crippen LogP contribution in [0.15, 0.2) is 36.4 Å². The Kier molecular flexibility index (Phi) is 4.00. The first-order chi connectivity index (χ1) is 9.13. The fourth-order valence-corrected chi connectivity index (χ4v) is 2.10. The highest BCUT2D eigenvalue weighted by molar-refractivity contribution is 5.79. The minimum Gasteiger partial charge on any atom is -0.388 e. The Balaban J connectivity index is 2.41. The highest BCUT2D eigenvalue weighted by Crippen LogP contribution is 2.23. The minimum absolute atomic E-state index is 0.166. The maximum absolute atomic E-state index is 13.5. The van der Waals surface area contributed by atoms with Crippen molar-refractivity contribution in [2.45, 2.75) is 13.8 Å². The van der Waals surface area contributed by atoms with Crippen LogP contribution in [0.1, 0.15) is 22.3 Å². The van der Waals surface area contributed by atoms with Crippen molar-refractivity contribution in [2.75, 3.05) is 12.4 Å². The standard InChI is InChI=1S/C17H18FN/c1-12-6-4-9-17(19-3)15(12)11-10-14-7-5-8-16(18)13(14)2/h4-11,19H,1-3H3/b11-10+. The lowest BCUT2D eigenvalue weighted by atomic mass is 10.0. The minimum atomic E-state index is -0.166. The van der Waals surface area contributed by atoms with Crippen LogP contribution in [0.4, 0.5) is 10.1 Å². The molecule has 0 aliphatic rings. The van der Waals surface area contributed by atoms with E-state index in [9.17, 15) is 4.39 Å². The van der Waals surface area contributed by atoms with Crippen molar-refractivity contribution in [1.82, 2.24) is 0 Å². The van der Waals surface area contributed by atoms with Crippen LogP contribution in [-0.4, -0.2) is 7.05 Å². The fraction of sp³-hybridized carbons (Fsp3) is 0.176. The summed E-state index contributed by atoms with van der Waals surface area (Å²) < 4.78 is 13.5. The van der Waals surface area contributed by atoms with Crippen LogP contribution in [0.3, 0.4) is 0 Å². The first kappa shape index (κ1) is 13.3. The summed E-state index contributed by atoms with van der Waals surface area (Å²) in [5.74, 6) is -0.166. The zero-order valence-electron chi connectivity index (χ0n) is 11.5. The van der Waals surface area contributed by atoms with Crippen molar-refractivity contribution in [3.05, 3.63) is 64.5 Å². The second kappa shape index (κ2) is 5.70. The van der Waals surface area contributed by atoms with Crippen LogP contribution in [0.2, 0.25) is 0 Å². The summed E-state index contributed by atoms with van der Waals surface area (Å²) in [6, 6.07) is 11.3. The van der Waals surface area contributed by atoms with E-state index in [2.05, 4.69) is 18.3 Å². The number of anilines is 1. The normalized spacial score (nSPS) is 10.9. The van der Waals surface area contributed by atoms with E-state index < -0.39 is 0 Å². The monoisotopic (exact) mass is 255 g/mol. The van der Waals surface area contributed by atoms with Gasteiger partial charge in [0.2, 0.25) is 0 Å². The van der Waals surface area contributed by atoms with E-state index >= 15 is 0 Å². The van der Waals surface area contributed by atoms with Gasteiger partial charge in [0, 0.05) is 18.3 Å². The summed E-state index contributed by atoms with van der Waals surface area (Å²) in [6.45, 7) is 3.87. The number of benzene rings is 2. The number of aryl methyl sites for hydroxylation is 1. The van der Waals surface area contributed by atoms with E-state index in [0.29, 0.717) is 5.56 Å². The second-order valence-electron chi connectivity index (χ2n) is 4.57. The lowest BCUT2D eigenvalue weighted by Crippen LogP contribution is -1.93. The first-order valence-corrected chi connectivity index (χ1v) is 6.34. The first-order valence-electron chi connectivity index (χ1n) is 6.34. The molecule has 0 atom stereocenters. The molecular weight excluding hydrogens is 237 g/mol. The lowest BCUT2D eigenvalue weighted by Gasteiger charge is -2.08. The predicted molar refractivity (Wildman–Crippen MR) is 80.8 cm³/mol. The van der Waals surface area contributed by atoms with Crippen molar-refractivity contribution in [2.24, 2.45) is 0 Å². The van der Waals surface area contributed by atoms with Crippen molar-refractivity contribution >= 4 is 17.8 Å². The van der Waals surface area contributed by atoms with E-state index in [1.54, 1.807) is 13.0 Å². The van der Waals surface area contributed by atoms with Crippen LogP contribution in [-0.2, 0) is 0 Å². The second-order valence-corrected chi connectivity index (χ2v) is 4.57. The number of rotatable bonds is 3. The van der Waals surface area contributed by atoms with Gasteiger partial charge >= 0.3 is 0 Å². The summed E-state index contributed by atoms with van der Waals surface area (Å²) >= 11 is 0. The molecule has 0 radical (unpaired) electrons. The highest BCUT2D eigenvalue weighted by atomic mass is 19.1. The van der Waals surface area contributed by atoms with Gasteiger partial charge in [0.05, 0.1) is 0 Å². The van der Waals surface area contributed by atoms with Gasteiger partial charge in [0.15, 0.2) is 0 Å². The molecule has 0 heterocycles. The molecule has 0 saturated heterocycles. The SMILES string of the molecule is CNc1cccc(C)c1/C=C/c1cccc(F)c1C. The molecule has 0 bridgehead atoms. The molecule has 0 aromatic heterocycles. The van der Waals surface area contributed by atoms with Gasteiger partial charge in [-0.25, -0.2) is 4.39 Å². The third-order valence-electron chi connectivity index (χ3n) is 3.33. The zero-order valence-corrected chi connectivity index (χ0v) is 11.5. The number of hydrogen-bond donors (Lipinski definition) is 1. The Morgan fingerprint density at radius 2 is 1.74 bits per heavy atom. The van der Waals surface area contributed by atoms with E-state index in [1.807, 2.05) is 37.4 Å². The van der Waals surface area contributed by atoms with E-state index in [0.717, 1.165) is 16.8 Å². The Bertz CT molecular complexity index is 615. The van der Waals surface area contributed by atoms with E-state index in [4.69, 9.17) is 0 Å². The van der Waals surface area contributed by atoms with Crippen LogP contribution in [0.5, 0.6) is 0 Å². The van der Waals surface area contributed by atoms with Crippen molar-refractivity contribution < 1.29 is 4.39 Å². The number of halogens is 1. The molecule has 0 spiro atoms. The van der Waals surface area contributed by atoms with E-state index in [1.165, 1.54) is 11.6 Å². The van der Waals surface area contributed by atoms with Crippen molar-refractivity contribution in [1.29, 1.82) is 0 Å². The van der Waals surface area contributed by atoms with Gasteiger partial charge in [-0.05, 0) is 42.7 Å². The molecule has 2 aromatic carbocycles. The van der Waals surface area contributed by atoms with Crippen molar-refractivity contribution in [3.63, 3.8) is 0 Å². The van der Waals surface area contributed by atoms with Gasteiger partial charge in [0.1, 0.15) is 5.82 Å². The molecule has 1 N–H and O–H groups in total. The van der Waals surface area contributed by atoms with Crippen LogP contribution >= 0.6 is 0 Å². The third-order valence-corrected chi connectivity index (χ3v) is 3.33. The highest BCUT2D eigenvalue weighted by Gasteiger charge is 2.02. The summed E-state index contributed by atoms with van der Waals surface area (Å²) in [5, 5.41) is 3.17. The Hall–Kier alpha value is -2.09. The molecule has 19 heavy (non-hydrogen) atoms. The molecule has 0 fully saturated rings. The van der Waals surface area contributed by atoms with Crippen LogP contribution in [0.25, 0.3) is 12.2 Å². The van der Waals surface area contributed by atoms with Crippen molar-refractivity contribution in [3.8, 4) is 0 Å². The molecular formula is C17H18FN. The molecule has 1 nitrogen and oxygen atoms in total. The van der Waals surface area contributed by atoms with E-state index in [-0.39, 0.29) is 5.82 Å². The summed E-state index contributed by atoms with van der Waals surface area (Å²) in [5.41, 5.74) is 4.99. The van der Waals surface area contributed by atoms with Gasteiger partial charge in [-0.15, -0.1) is 0 Å². The molecule has 2 rings (SSSR count). The third kappa shape index (κ3) is 2.84. The summed E-state index contributed by atoms with van der Waals surface area (Å²) in [4.78, 5) is 0. The van der Waals surface area contributed by atoms with Gasteiger partial charge in [-0.2, -0.15) is 0 Å². The van der Waals surface area contributed by atoms with Crippen LogP contribution < -0.4 is 5.32 Å². The smallest absolute Gasteiger partial charge is 0.126 e. The molecule has 98 valence electrons. The Morgan fingerprint density at radius 1 is 1.00 bits per heavy atom. The topological polar surface area (TPSA) is 12.0 Å². The van der Waals surface area contributed by atoms with Gasteiger partial charge in [0.25, 0.3) is 0 Å². The number of hydrogen-bond acceptors (Lipinski definition) is 1. The summed E-state index contributed by atoms with van der Waals surface area (Å²) in [7, 11) is 1.90. The van der Waals surface area contributed by atoms with Crippen LogP contribution in [0, 0.1) is 19.7 Å². The fourth-order valence-electron chi connectivity index (χ4n) is 2.10. The van der Waals surface area contributed by atoms with Gasteiger partial charge in [-0.1, -0.05) is 36.4 Å². The summed E-state index contributed by atoms with van der Waals surface area (Å²) in [6.07, 6.45) is 3.99. The molecule has 2 heteroatoms. The maximum Gasteiger partial charge on any atom is 0.126 e. The maximum atomic E-state index is 13.5. The molecule has 0 amide bonds. The zero-order chi connectivity index (χ0) is 13.8. The largest absolute Gasteiger partial charge is 0.388 e. The number of nitrogens with one attached hydrogen (secondary N) is 1. The average molecular weight is 255 g/mol. The molecule has 0 unspecified atom stereocenters. The molecule has 2 aromatic rings. The Labute approximate surface area is 113 Å². The van der Waals surface area contributed by atoms with Gasteiger partial charge < -0.3 is 5.32 Å². The Morgan fingerprint density at radius 3 is 2.47 bits per heavy atom. The molecule has 0 aliphatic carbocycles. The molecule has 0 aliphatic heterocycles.